The van der Waals surface area contributed by atoms with Crippen molar-refractivity contribution in [2.24, 2.45) is 0 Å². The van der Waals surface area contributed by atoms with Gasteiger partial charge in [0, 0.05) is 11.2 Å². The molecule has 0 aliphatic rings. The number of nitrogens with one attached hydrogen (secondary N) is 1. The molecule has 0 spiro atoms. The van der Waals surface area contributed by atoms with Crippen LogP contribution in [-0.4, -0.2) is 43.8 Å². The van der Waals surface area contributed by atoms with Crippen LogP contribution >= 0.6 is 34.8 Å². The molecular weight excluding hydrogens is 379 g/mol. The second-order valence-electron chi connectivity index (χ2n) is 5.55. The average Bonchev–Trinajstić information content (AvgIpc) is 2.48. The van der Waals surface area contributed by atoms with Gasteiger partial charge in [0.1, 0.15) is 13.2 Å². The van der Waals surface area contributed by atoms with Crippen LogP contribution in [0, 0.1) is 0 Å². The van der Waals surface area contributed by atoms with Crippen LogP contribution in [-0.2, 0) is 14.4 Å². The number of nitrogens with zero attached hydrogens (tertiary/aromatic N) is 1. The van der Waals surface area contributed by atoms with E-state index >= 15 is 0 Å². The third-order valence-electron chi connectivity index (χ3n) is 2.85. The highest BCUT2D eigenvalue weighted by Gasteiger charge is 2.21. The quantitative estimate of drug-likeness (QED) is 0.251. The molecule has 1 aromatic carbocycles. The summed E-state index contributed by atoms with van der Waals surface area (Å²) in [6.45, 7) is 5.52. The summed E-state index contributed by atoms with van der Waals surface area (Å²) in [5, 5.41) is 0.548. The van der Waals surface area contributed by atoms with Crippen molar-refractivity contribution in [3.05, 3.63) is 44.9 Å². The Bertz CT molecular complexity index is 662. The molecule has 0 saturated carbocycles. The van der Waals surface area contributed by atoms with Crippen molar-refractivity contribution in [3.63, 3.8) is 0 Å². The Morgan fingerprint density at radius 2 is 1.75 bits per heavy atom. The molecule has 6 nitrogen and oxygen atoms in total. The van der Waals surface area contributed by atoms with E-state index < -0.39 is 11.9 Å². The summed E-state index contributed by atoms with van der Waals surface area (Å²) >= 11 is 17.6. The minimum Gasteiger partial charge on any atom is -0.456 e. The lowest BCUT2D eigenvalue weighted by atomic mass is 10.2. The molecule has 0 bridgehead atoms. The van der Waals surface area contributed by atoms with Crippen LogP contribution < -0.4 is 5.59 Å². The van der Waals surface area contributed by atoms with Gasteiger partial charge in [-0.05, 0) is 19.1 Å². The number of carbonyl (C=O) groups excluding carboxylic acids is 2. The number of rotatable bonds is 7. The first kappa shape index (κ1) is 20.7. The number of ether oxygens (including phenoxy) is 1. The minimum absolute atomic E-state index is 0.0498. The number of hydrogen-bond acceptors (Lipinski definition) is 5. The smallest absolute Gasteiger partial charge is 0.363 e. The maximum atomic E-state index is 12.1. The van der Waals surface area contributed by atoms with Crippen LogP contribution in [0.4, 0.5) is 0 Å². The molecular formula is C15H18Cl3N2O4+. The van der Waals surface area contributed by atoms with Gasteiger partial charge >= 0.3 is 11.9 Å². The summed E-state index contributed by atoms with van der Waals surface area (Å²) in [5.74, 6) is -1.20. The molecule has 0 fully saturated rings. The van der Waals surface area contributed by atoms with Crippen LogP contribution in [0.15, 0.2) is 24.3 Å². The first-order chi connectivity index (χ1) is 11.0. The van der Waals surface area contributed by atoms with Gasteiger partial charge in [0.25, 0.3) is 0 Å². The Hall–Kier alpha value is -1.31. The second kappa shape index (κ2) is 8.69. The number of esters is 1. The minimum atomic E-state index is -0.719. The Labute approximate surface area is 155 Å². The van der Waals surface area contributed by atoms with Gasteiger partial charge < -0.3 is 9.57 Å². The molecule has 0 aromatic heterocycles. The van der Waals surface area contributed by atoms with Crippen LogP contribution in [0.1, 0.15) is 17.3 Å². The molecule has 0 atom stereocenters. The highest BCUT2D eigenvalue weighted by Crippen LogP contribution is 2.29. The summed E-state index contributed by atoms with van der Waals surface area (Å²) in [7, 11) is 3.44. The van der Waals surface area contributed by atoms with Gasteiger partial charge in [0.2, 0.25) is 0 Å². The summed E-state index contributed by atoms with van der Waals surface area (Å²) in [4.78, 5) is 28.4. The van der Waals surface area contributed by atoms with Crippen molar-refractivity contribution in [2.75, 3.05) is 27.2 Å². The first-order valence-corrected chi connectivity index (χ1v) is 7.95. The van der Waals surface area contributed by atoms with Gasteiger partial charge in [0.15, 0.2) is 0 Å². The van der Waals surface area contributed by atoms with Crippen molar-refractivity contribution >= 4 is 46.7 Å². The van der Waals surface area contributed by atoms with Crippen molar-refractivity contribution in [2.45, 2.75) is 6.92 Å². The molecule has 0 amide bonds. The SMILES string of the molecule is C=C(C)C(=O)OCC[N+](C)(C)NOC(=O)c1cc(Cl)c(Cl)cc1Cl. The zero-order chi connectivity index (χ0) is 18.5. The van der Waals surface area contributed by atoms with Crippen LogP contribution in [0.2, 0.25) is 15.1 Å². The fourth-order valence-corrected chi connectivity index (χ4v) is 2.06. The molecule has 0 unspecified atom stereocenters. The molecule has 24 heavy (non-hydrogen) atoms. The molecule has 0 heterocycles. The number of halogens is 3. The van der Waals surface area contributed by atoms with E-state index in [0.29, 0.717) is 12.1 Å². The van der Waals surface area contributed by atoms with Crippen molar-refractivity contribution in [1.82, 2.24) is 5.59 Å². The molecule has 9 heteroatoms. The summed E-state index contributed by atoms with van der Waals surface area (Å²) in [5.41, 5.74) is 2.95. The predicted molar refractivity (Wildman–Crippen MR) is 92.8 cm³/mol. The lowest BCUT2D eigenvalue weighted by Gasteiger charge is -2.27. The van der Waals surface area contributed by atoms with E-state index in [1.54, 1.807) is 21.0 Å². The molecule has 0 aliphatic carbocycles. The third-order valence-corrected chi connectivity index (χ3v) is 3.88. The third kappa shape index (κ3) is 6.30. The molecule has 0 aliphatic heterocycles. The molecule has 1 N–H and O–H groups in total. The zero-order valence-corrected chi connectivity index (χ0v) is 15.8. The lowest BCUT2D eigenvalue weighted by Crippen LogP contribution is -2.54. The number of carbonyl (C=O) groups is 2. The maximum absolute atomic E-state index is 12.1. The largest absolute Gasteiger partial charge is 0.456 e. The van der Waals surface area contributed by atoms with Crippen molar-refractivity contribution < 1.29 is 23.8 Å². The van der Waals surface area contributed by atoms with E-state index in [1.165, 1.54) is 12.1 Å². The Kier molecular flexibility index (Phi) is 7.51. The maximum Gasteiger partial charge on any atom is 0.363 e. The second-order valence-corrected chi connectivity index (χ2v) is 6.77. The highest BCUT2D eigenvalue weighted by molar-refractivity contribution is 6.44. The van der Waals surface area contributed by atoms with Crippen molar-refractivity contribution in [1.29, 1.82) is 0 Å². The van der Waals surface area contributed by atoms with E-state index in [9.17, 15) is 9.59 Å². The van der Waals surface area contributed by atoms with Gasteiger partial charge in [-0.1, -0.05) is 41.4 Å². The van der Waals surface area contributed by atoms with Gasteiger partial charge in [-0.2, -0.15) is 0 Å². The Morgan fingerprint density at radius 1 is 1.17 bits per heavy atom. The van der Waals surface area contributed by atoms with Crippen molar-refractivity contribution in [3.8, 4) is 0 Å². The fraction of sp³-hybridized carbons (Fsp3) is 0.333. The molecule has 1 rings (SSSR count). The first-order valence-electron chi connectivity index (χ1n) is 6.82. The zero-order valence-electron chi connectivity index (χ0n) is 13.5. The fourth-order valence-electron chi connectivity index (χ4n) is 1.43. The average molecular weight is 397 g/mol. The molecule has 1 aromatic rings. The highest BCUT2D eigenvalue weighted by atomic mass is 35.5. The summed E-state index contributed by atoms with van der Waals surface area (Å²) in [6.07, 6.45) is 0. The predicted octanol–water partition coefficient (Wildman–Crippen LogP) is 3.42. The summed E-state index contributed by atoms with van der Waals surface area (Å²) in [6, 6.07) is 2.68. The standard InChI is InChI=1S/C15H18Cl3N2O4/c1-9(2)14(21)23-6-5-20(3,4)19-24-15(22)10-7-12(17)13(18)8-11(10)16/h7-8,19H,1,5-6H2,2-4H3/q+1. The Balaban J connectivity index is 2.58. The van der Waals surface area contributed by atoms with E-state index in [-0.39, 0.29) is 31.8 Å². The van der Waals surface area contributed by atoms with Gasteiger partial charge in [-0.15, -0.1) is 0 Å². The van der Waals surface area contributed by atoms with E-state index in [1.807, 2.05) is 0 Å². The van der Waals surface area contributed by atoms with E-state index in [4.69, 9.17) is 44.4 Å². The number of benzene rings is 1. The molecule has 0 saturated heterocycles. The number of hydrogen-bond donors (Lipinski definition) is 1. The number of likely N-dealkylation sites (N-methyl/N-ethyl adjacent to an activating group) is 1. The summed E-state index contributed by atoms with van der Waals surface area (Å²) < 4.78 is 5.04. The van der Waals surface area contributed by atoms with Gasteiger partial charge in [-0.25, -0.2) is 14.2 Å². The van der Waals surface area contributed by atoms with Gasteiger partial charge in [-0.3, -0.25) is 0 Å². The normalized spacial score (nSPS) is 11.1. The van der Waals surface area contributed by atoms with E-state index in [0.717, 1.165) is 0 Å². The van der Waals surface area contributed by atoms with Crippen LogP contribution in [0.5, 0.6) is 0 Å². The monoisotopic (exact) mass is 395 g/mol. The molecule has 0 radical (unpaired) electrons. The molecule has 132 valence electrons. The topological polar surface area (TPSA) is 64.6 Å². The van der Waals surface area contributed by atoms with Gasteiger partial charge in [0.05, 0.1) is 34.7 Å². The van der Waals surface area contributed by atoms with E-state index in [2.05, 4.69) is 12.2 Å². The van der Waals surface area contributed by atoms with Crippen LogP contribution in [0.25, 0.3) is 0 Å². The lowest BCUT2D eigenvalue weighted by molar-refractivity contribution is -0.958. The number of quaternary nitrogens is 1. The van der Waals surface area contributed by atoms with Crippen LogP contribution in [0.3, 0.4) is 0 Å². The Morgan fingerprint density at radius 3 is 2.33 bits per heavy atom.